The molecule has 4 aromatic rings. The van der Waals surface area contributed by atoms with E-state index in [-0.39, 0.29) is 0 Å². The summed E-state index contributed by atoms with van der Waals surface area (Å²) in [6.07, 6.45) is 4.18. The zero-order chi connectivity index (χ0) is 27.6. The third kappa shape index (κ3) is 5.69. The second kappa shape index (κ2) is 11.8. The standard InChI is InChI=1S/C33H41N6O/c1-23(2)21-37-14-12-28(13-15-37)39-25(4)32(24(3)36-39)31-20-34-30-7-5-6-29(33(30)35-31)27-10-8-26(9-11-27)22-38-16-18-40-19-17-38/h5-11,20,28H,12-19,21-22H2,1-4H3. The van der Waals surface area contributed by atoms with Crippen LogP contribution in [0.1, 0.15) is 49.7 Å². The molecule has 0 saturated carbocycles. The van der Waals surface area contributed by atoms with E-state index in [0.29, 0.717) is 6.04 Å². The maximum atomic E-state index is 5.50. The molecule has 40 heavy (non-hydrogen) atoms. The van der Waals surface area contributed by atoms with Gasteiger partial charge in [-0.2, -0.15) is 5.10 Å². The maximum absolute atomic E-state index is 5.50. The molecule has 0 bridgehead atoms. The van der Waals surface area contributed by atoms with E-state index in [9.17, 15) is 0 Å². The fraction of sp³-hybridized carbons (Fsp3) is 0.455. The zero-order valence-electron chi connectivity index (χ0n) is 24.4. The molecule has 2 aliphatic heterocycles. The van der Waals surface area contributed by atoms with Crippen molar-refractivity contribution in [3.05, 3.63) is 71.5 Å². The minimum Gasteiger partial charge on any atom is -0.379 e. The smallest absolute Gasteiger partial charge is 0.0972 e. The van der Waals surface area contributed by atoms with E-state index in [1.165, 1.54) is 22.7 Å². The van der Waals surface area contributed by atoms with Gasteiger partial charge in [0.15, 0.2) is 0 Å². The van der Waals surface area contributed by atoms with Gasteiger partial charge in [0.25, 0.3) is 0 Å². The lowest BCUT2D eigenvalue weighted by atomic mass is 10.0. The van der Waals surface area contributed by atoms with Crippen molar-refractivity contribution < 1.29 is 4.74 Å². The minimum absolute atomic E-state index is 0.431. The van der Waals surface area contributed by atoms with E-state index >= 15 is 0 Å². The Labute approximate surface area is 238 Å². The van der Waals surface area contributed by atoms with Crippen molar-refractivity contribution in [3.63, 3.8) is 0 Å². The van der Waals surface area contributed by atoms with Crippen LogP contribution in [0.15, 0.2) is 48.7 Å². The van der Waals surface area contributed by atoms with E-state index in [0.717, 1.165) is 98.9 Å². The normalized spacial score (nSPS) is 17.7. The van der Waals surface area contributed by atoms with Gasteiger partial charge in [0.2, 0.25) is 0 Å². The molecule has 0 atom stereocenters. The molecule has 4 heterocycles. The lowest BCUT2D eigenvalue weighted by molar-refractivity contribution is 0.0342. The number of aryl methyl sites for hydroxylation is 1. The van der Waals surface area contributed by atoms with Gasteiger partial charge in [-0.05, 0) is 49.8 Å². The van der Waals surface area contributed by atoms with Crippen molar-refractivity contribution in [2.45, 2.75) is 53.1 Å². The Morgan fingerprint density at radius 1 is 0.925 bits per heavy atom. The predicted molar refractivity (Wildman–Crippen MR) is 161 cm³/mol. The SMILES string of the molecule is C[C](C)CN1CCC(n2nc(C)c(-c3cnc4cccc(-c5ccc(CN6CCOCC6)cc5)c4n3)c2C)CC1. The topological polar surface area (TPSA) is 59.3 Å². The summed E-state index contributed by atoms with van der Waals surface area (Å²) in [6, 6.07) is 15.6. The summed E-state index contributed by atoms with van der Waals surface area (Å²) < 4.78 is 7.76. The van der Waals surface area contributed by atoms with Crippen molar-refractivity contribution >= 4 is 11.0 Å². The Morgan fingerprint density at radius 3 is 2.40 bits per heavy atom. The largest absolute Gasteiger partial charge is 0.379 e. The monoisotopic (exact) mass is 537 g/mol. The van der Waals surface area contributed by atoms with Gasteiger partial charge in [-0.25, -0.2) is 4.98 Å². The third-order valence-electron chi connectivity index (χ3n) is 8.37. The van der Waals surface area contributed by atoms with Crippen LogP contribution in [0.4, 0.5) is 0 Å². The van der Waals surface area contributed by atoms with Crippen molar-refractivity contribution in [2.24, 2.45) is 0 Å². The van der Waals surface area contributed by atoms with Crippen molar-refractivity contribution in [3.8, 4) is 22.4 Å². The van der Waals surface area contributed by atoms with Crippen LogP contribution < -0.4 is 0 Å². The molecule has 0 amide bonds. The van der Waals surface area contributed by atoms with Gasteiger partial charge in [0.1, 0.15) is 0 Å². The number of morpholine rings is 1. The van der Waals surface area contributed by atoms with E-state index in [2.05, 4.69) is 84.6 Å². The molecule has 0 unspecified atom stereocenters. The van der Waals surface area contributed by atoms with Gasteiger partial charge in [0, 0.05) is 56.1 Å². The van der Waals surface area contributed by atoms with Crippen LogP contribution in [-0.4, -0.2) is 75.5 Å². The molecule has 6 rings (SSSR count). The number of fused-ring (bicyclic) bond motifs is 1. The number of piperidine rings is 1. The summed E-state index contributed by atoms with van der Waals surface area (Å²) in [5, 5.41) is 5.03. The fourth-order valence-electron chi connectivity index (χ4n) is 6.35. The lowest BCUT2D eigenvalue weighted by Gasteiger charge is -2.33. The number of hydrogen-bond acceptors (Lipinski definition) is 6. The zero-order valence-corrected chi connectivity index (χ0v) is 24.4. The molecular weight excluding hydrogens is 496 g/mol. The summed E-state index contributed by atoms with van der Waals surface area (Å²) in [5.74, 6) is 1.48. The first-order valence-electron chi connectivity index (χ1n) is 14.7. The first-order chi connectivity index (χ1) is 19.5. The molecule has 2 aromatic carbocycles. The second-order valence-corrected chi connectivity index (χ2v) is 11.7. The molecule has 2 saturated heterocycles. The molecule has 2 aliphatic rings. The molecule has 1 radical (unpaired) electrons. The van der Waals surface area contributed by atoms with Gasteiger partial charge < -0.3 is 9.64 Å². The van der Waals surface area contributed by atoms with Crippen LogP contribution in [-0.2, 0) is 11.3 Å². The highest BCUT2D eigenvalue weighted by Gasteiger charge is 2.25. The number of likely N-dealkylation sites (tertiary alicyclic amines) is 1. The number of nitrogens with zero attached hydrogens (tertiary/aromatic N) is 6. The van der Waals surface area contributed by atoms with Crippen molar-refractivity contribution in [2.75, 3.05) is 45.9 Å². The highest BCUT2D eigenvalue weighted by molar-refractivity contribution is 5.92. The third-order valence-corrected chi connectivity index (χ3v) is 8.37. The van der Waals surface area contributed by atoms with Crippen LogP contribution in [0.3, 0.4) is 0 Å². The van der Waals surface area contributed by atoms with Gasteiger partial charge in [0.05, 0.1) is 47.9 Å². The average molecular weight is 538 g/mol. The number of hydrogen-bond donors (Lipinski definition) is 0. The highest BCUT2D eigenvalue weighted by Crippen LogP contribution is 2.33. The lowest BCUT2D eigenvalue weighted by Crippen LogP contribution is -2.37. The molecule has 7 nitrogen and oxygen atoms in total. The molecule has 209 valence electrons. The Kier molecular flexibility index (Phi) is 7.96. The summed E-state index contributed by atoms with van der Waals surface area (Å²) in [5.41, 5.74) is 9.68. The second-order valence-electron chi connectivity index (χ2n) is 11.7. The Morgan fingerprint density at radius 2 is 1.68 bits per heavy atom. The van der Waals surface area contributed by atoms with Gasteiger partial charge in [-0.1, -0.05) is 50.2 Å². The average Bonchev–Trinajstić information content (AvgIpc) is 3.27. The fourth-order valence-corrected chi connectivity index (χ4v) is 6.35. The first-order valence-corrected chi connectivity index (χ1v) is 14.7. The van der Waals surface area contributed by atoms with E-state index < -0.39 is 0 Å². The Bertz CT molecular complexity index is 1450. The quantitative estimate of drug-likeness (QED) is 0.294. The van der Waals surface area contributed by atoms with Crippen molar-refractivity contribution in [1.82, 2.24) is 29.5 Å². The number of aromatic nitrogens is 4. The number of ether oxygens (including phenoxy) is 1. The number of para-hydroxylation sites is 1. The summed E-state index contributed by atoms with van der Waals surface area (Å²) in [7, 11) is 0. The number of benzene rings is 2. The molecule has 2 aromatic heterocycles. The first kappa shape index (κ1) is 27.1. The van der Waals surface area contributed by atoms with Crippen LogP contribution in [0.25, 0.3) is 33.4 Å². The highest BCUT2D eigenvalue weighted by atomic mass is 16.5. The van der Waals surface area contributed by atoms with E-state index in [1.54, 1.807) is 0 Å². The summed E-state index contributed by atoms with van der Waals surface area (Å²) >= 11 is 0. The van der Waals surface area contributed by atoms with E-state index in [1.807, 2.05) is 6.20 Å². The molecule has 2 fully saturated rings. The summed E-state index contributed by atoms with van der Waals surface area (Å²) in [4.78, 5) is 15.1. The Balaban J connectivity index is 1.26. The minimum atomic E-state index is 0.431. The van der Waals surface area contributed by atoms with E-state index in [4.69, 9.17) is 19.8 Å². The van der Waals surface area contributed by atoms with Gasteiger partial charge in [-0.3, -0.25) is 14.6 Å². The predicted octanol–water partition coefficient (Wildman–Crippen LogP) is 5.86. The molecule has 0 N–H and O–H groups in total. The van der Waals surface area contributed by atoms with Gasteiger partial charge >= 0.3 is 0 Å². The van der Waals surface area contributed by atoms with Gasteiger partial charge in [-0.15, -0.1) is 0 Å². The van der Waals surface area contributed by atoms with Crippen LogP contribution in [0.5, 0.6) is 0 Å². The maximum Gasteiger partial charge on any atom is 0.0972 e. The molecule has 0 aliphatic carbocycles. The van der Waals surface area contributed by atoms with Crippen LogP contribution >= 0.6 is 0 Å². The molecule has 7 heteroatoms. The number of rotatable bonds is 7. The van der Waals surface area contributed by atoms with Crippen molar-refractivity contribution in [1.29, 1.82) is 0 Å². The van der Waals surface area contributed by atoms with Crippen LogP contribution in [0.2, 0.25) is 0 Å². The molecule has 0 spiro atoms. The summed E-state index contributed by atoms with van der Waals surface area (Å²) in [6.45, 7) is 16.7. The van der Waals surface area contributed by atoms with Crippen LogP contribution in [0, 0.1) is 19.8 Å². The molecular formula is C33H41N6O. The Hall–Kier alpha value is -3.13.